The number of anilines is 2. The molecule has 0 bridgehead atoms. The molecule has 174 valence electrons. The van der Waals surface area contributed by atoms with Crippen LogP contribution in [-0.2, 0) is 24.8 Å². The molecule has 0 aliphatic carbocycles. The number of nitrogens with zero attached hydrogens (tertiary/aromatic N) is 2. The van der Waals surface area contributed by atoms with Gasteiger partial charge in [-0.2, -0.15) is 4.31 Å². The van der Waals surface area contributed by atoms with E-state index in [-0.39, 0.29) is 23.8 Å². The average molecular weight is 500 g/mol. The van der Waals surface area contributed by atoms with E-state index >= 15 is 0 Å². The lowest BCUT2D eigenvalue weighted by Crippen LogP contribution is -2.31. The molecule has 0 spiro atoms. The van der Waals surface area contributed by atoms with Gasteiger partial charge in [0.15, 0.2) is 0 Å². The molecule has 0 atom stereocenters. The molecule has 1 amide bonds. The van der Waals surface area contributed by atoms with Crippen molar-refractivity contribution in [2.45, 2.75) is 30.6 Å². The van der Waals surface area contributed by atoms with Gasteiger partial charge in [0.1, 0.15) is 0 Å². The smallest absolute Gasteiger partial charge is 0.243 e. The van der Waals surface area contributed by atoms with Gasteiger partial charge in [-0.3, -0.25) is 9.10 Å². The minimum atomic E-state index is -3.52. The Kier molecular flexibility index (Phi) is 7.81. The molecule has 1 N–H and O–H groups in total. The second-order valence-corrected chi connectivity index (χ2v) is 11.9. The highest BCUT2D eigenvalue weighted by molar-refractivity contribution is 7.92. The topological polar surface area (TPSA) is 104 Å². The lowest BCUT2D eigenvalue weighted by molar-refractivity contribution is -0.116. The quantitative estimate of drug-likeness (QED) is 0.570. The van der Waals surface area contributed by atoms with Gasteiger partial charge >= 0.3 is 0 Å². The number of hydrogen-bond acceptors (Lipinski definition) is 5. The Morgan fingerprint density at radius 1 is 1.00 bits per heavy atom. The number of carbonyl (C=O) groups is 1. The predicted molar refractivity (Wildman–Crippen MR) is 126 cm³/mol. The molecule has 2 aromatic rings. The highest BCUT2D eigenvalue weighted by atomic mass is 35.5. The van der Waals surface area contributed by atoms with Gasteiger partial charge in [0.2, 0.25) is 26.0 Å². The second-order valence-electron chi connectivity index (χ2n) is 7.60. The molecule has 1 heterocycles. The third-order valence-corrected chi connectivity index (χ3v) is 8.48. The number of benzene rings is 2. The Morgan fingerprint density at radius 3 is 2.16 bits per heavy atom. The van der Waals surface area contributed by atoms with Gasteiger partial charge in [-0.25, -0.2) is 16.8 Å². The van der Waals surface area contributed by atoms with Crippen molar-refractivity contribution in [1.82, 2.24) is 4.31 Å². The Balaban J connectivity index is 1.55. The summed E-state index contributed by atoms with van der Waals surface area (Å²) in [6.07, 6.45) is 3.25. The van der Waals surface area contributed by atoms with Crippen LogP contribution in [0, 0.1) is 0 Å². The number of nitrogens with one attached hydrogen (secondary N) is 1. The predicted octanol–water partition coefficient (Wildman–Crippen LogP) is 3.31. The van der Waals surface area contributed by atoms with E-state index in [1.165, 1.54) is 20.7 Å². The van der Waals surface area contributed by atoms with Crippen LogP contribution in [0.5, 0.6) is 0 Å². The lowest BCUT2D eigenvalue weighted by atomic mass is 10.2. The first-order chi connectivity index (χ1) is 15.1. The van der Waals surface area contributed by atoms with E-state index in [1.807, 2.05) is 0 Å². The third-order valence-electron chi connectivity index (χ3n) is 5.12. The van der Waals surface area contributed by atoms with Crippen LogP contribution in [0.2, 0.25) is 5.02 Å². The van der Waals surface area contributed by atoms with E-state index in [2.05, 4.69) is 5.32 Å². The highest BCUT2D eigenvalue weighted by Crippen LogP contribution is 2.23. The molecule has 0 radical (unpaired) electrons. The number of sulfonamides is 2. The van der Waals surface area contributed by atoms with Gasteiger partial charge in [0.05, 0.1) is 16.8 Å². The largest absolute Gasteiger partial charge is 0.326 e. The first-order valence-corrected chi connectivity index (χ1v) is 13.9. The van der Waals surface area contributed by atoms with Gasteiger partial charge in [-0.05, 0) is 67.8 Å². The summed E-state index contributed by atoms with van der Waals surface area (Å²) in [5.41, 5.74) is 0.958. The molecule has 1 aliphatic heterocycles. The van der Waals surface area contributed by atoms with Crippen LogP contribution in [0.3, 0.4) is 0 Å². The zero-order chi connectivity index (χ0) is 23.4. The van der Waals surface area contributed by atoms with Gasteiger partial charge in [0, 0.05) is 36.8 Å². The van der Waals surface area contributed by atoms with Crippen LogP contribution in [0.1, 0.15) is 25.7 Å². The fourth-order valence-corrected chi connectivity index (χ4v) is 6.10. The molecular formula is C21H26ClN3O5S2. The normalized spacial score (nSPS) is 14.9. The van der Waals surface area contributed by atoms with E-state index in [9.17, 15) is 21.6 Å². The van der Waals surface area contributed by atoms with Crippen molar-refractivity contribution in [2.75, 3.05) is 35.5 Å². The van der Waals surface area contributed by atoms with Crippen LogP contribution >= 0.6 is 11.6 Å². The maximum absolute atomic E-state index is 12.6. The molecule has 8 nitrogen and oxygen atoms in total. The van der Waals surface area contributed by atoms with E-state index in [0.29, 0.717) is 35.9 Å². The molecule has 2 aromatic carbocycles. The number of halogens is 1. The summed E-state index contributed by atoms with van der Waals surface area (Å²) in [6, 6.07) is 12.5. The number of amides is 1. The maximum Gasteiger partial charge on any atom is 0.243 e. The Hall–Kier alpha value is -2.14. The average Bonchev–Trinajstić information content (AvgIpc) is 3.27. The zero-order valence-corrected chi connectivity index (χ0v) is 20.1. The van der Waals surface area contributed by atoms with Crippen molar-refractivity contribution in [3.8, 4) is 0 Å². The third kappa shape index (κ3) is 6.22. The molecular weight excluding hydrogens is 474 g/mol. The highest BCUT2D eigenvalue weighted by Gasteiger charge is 2.27. The van der Waals surface area contributed by atoms with Gasteiger partial charge in [-0.15, -0.1) is 0 Å². The lowest BCUT2D eigenvalue weighted by Gasteiger charge is -2.22. The minimum Gasteiger partial charge on any atom is -0.326 e. The number of rotatable bonds is 9. The molecule has 32 heavy (non-hydrogen) atoms. The molecule has 11 heteroatoms. The van der Waals surface area contributed by atoms with Crippen molar-refractivity contribution < 1.29 is 21.6 Å². The fourth-order valence-electron chi connectivity index (χ4n) is 3.49. The molecule has 1 fully saturated rings. The van der Waals surface area contributed by atoms with Crippen molar-refractivity contribution in [1.29, 1.82) is 0 Å². The van der Waals surface area contributed by atoms with Gasteiger partial charge in [0.25, 0.3) is 0 Å². The van der Waals surface area contributed by atoms with Crippen LogP contribution in [0.4, 0.5) is 11.4 Å². The molecule has 0 aromatic heterocycles. The molecule has 1 saturated heterocycles. The minimum absolute atomic E-state index is 0.105. The van der Waals surface area contributed by atoms with Crippen molar-refractivity contribution in [2.24, 2.45) is 0 Å². The van der Waals surface area contributed by atoms with Crippen molar-refractivity contribution in [3.63, 3.8) is 0 Å². The summed E-state index contributed by atoms with van der Waals surface area (Å²) in [6.45, 7) is 1.20. The summed E-state index contributed by atoms with van der Waals surface area (Å²) in [7, 11) is -7.02. The summed E-state index contributed by atoms with van der Waals surface area (Å²) >= 11 is 5.86. The van der Waals surface area contributed by atoms with Gasteiger partial charge < -0.3 is 5.32 Å². The van der Waals surface area contributed by atoms with Crippen LogP contribution in [-0.4, -0.2) is 52.9 Å². The molecule has 0 saturated carbocycles. The van der Waals surface area contributed by atoms with Crippen LogP contribution in [0.25, 0.3) is 0 Å². The SMILES string of the molecule is CS(=O)(=O)N(CCCC(=O)Nc1ccc(S(=O)(=O)N2CCCC2)cc1)c1ccc(Cl)cc1. The summed E-state index contributed by atoms with van der Waals surface area (Å²) in [4.78, 5) is 12.5. The zero-order valence-electron chi connectivity index (χ0n) is 17.7. The van der Waals surface area contributed by atoms with E-state index in [4.69, 9.17) is 11.6 Å². The van der Waals surface area contributed by atoms with Gasteiger partial charge in [-0.1, -0.05) is 11.6 Å². The number of hydrogen-bond donors (Lipinski definition) is 1. The maximum atomic E-state index is 12.6. The van der Waals surface area contributed by atoms with E-state index in [1.54, 1.807) is 36.4 Å². The first kappa shape index (κ1) is 24.5. The summed E-state index contributed by atoms with van der Waals surface area (Å²) in [5, 5.41) is 3.22. The van der Waals surface area contributed by atoms with Crippen LogP contribution < -0.4 is 9.62 Å². The molecule has 3 rings (SSSR count). The molecule has 0 unspecified atom stereocenters. The van der Waals surface area contributed by atoms with E-state index < -0.39 is 20.0 Å². The van der Waals surface area contributed by atoms with Crippen molar-refractivity contribution >= 4 is 48.9 Å². The monoisotopic (exact) mass is 499 g/mol. The fraction of sp³-hybridized carbons (Fsp3) is 0.381. The summed E-state index contributed by atoms with van der Waals surface area (Å²) < 4.78 is 52.1. The van der Waals surface area contributed by atoms with Crippen LogP contribution in [0.15, 0.2) is 53.4 Å². The Labute approximate surface area is 194 Å². The Bertz CT molecular complexity index is 1140. The standard InChI is InChI=1S/C21H26ClN3O5S2/c1-31(27,28)25(19-10-6-17(22)7-11-19)16-4-5-21(26)23-18-8-12-20(13-9-18)32(29,30)24-14-2-3-15-24/h6-13H,2-5,14-16H2,1H3,(H,23,26). The number of carbonyl (C=O) groups excluding carboxylic acids is 1. The summed E-state index contributed by atoms with van der Waals surface area (Å²) in [5.74, 6) is -0.287. The van der Waals surface area contributed by atoms with E-state index in [0.717, 1.165) is 19.1 Å². The Morgan fingerprint density at radius 2 is 1.59 bits per heavy atom. The second kappa shape index (κ2) is 10.2. The first-order valence-electron chi connectivity index (χ1n) is 10.2. The molecule has 1 aliphatic rings. The van der Waals surface area contributed by atoms with Crippen molar-refractivity contribution in [3.05, 3.63) is 53.6 Å².